The third-order valence-electron chi connectivity index (χ3n) is 4.93. The standard InChI is InChI=1S/C15H18N2O/c1-16-11-7-3-2-6-10(11)13-14(16)12-8-4-5-9-17(12)15(13)18/h2-3,6-7,12-14H,4-5,8-9H2,1H3/t12-,13-,14-/m0/s1. The second kappa shape index (κ2) is 3.50. The van der Waals surface area contributed by atoms with Crippen LogP contribution in [0.4, 0.5) is 5.69 Å². The summed E-state index contributed by atoms with van der Waals surface area (Å²) in [5.74, 6) is 0.454. The van der Waals surface area contributed by atoms with Crippen molar-refractivity contribution in [1.29, 1.82) is 0 Å². The van der Waals surface area contributed by atoms with E-state index in [4.69, 9.17) is 0 Å². The maximum atomic E-state index is 12.6. The summed E-state index contributed by atoms with van der Waals surface area (Å²) in [7, 11) is 2.15. The van der Waals surface area contributed by atoms with Crippen LogP contribution in [0.5, 0.6) is 0 Å². The van der Waals surface area contributed by atoms with Gasteiger partial charge in [0.15, 0.2) is 0 Å². The molecule has 4 rings (SSSR count). The van der Waals surface area contributed by atoms with E-state index in [1.54, 1.807) is 0 Å². The van der Waals surface area contributed by atoms with E-state index in [0.29, 0.717) is 18.0 Å². The maximum absolute atomic E-state index is 12.6. The molecule has 3 aliphatic heterocycles. The van der Waals surface area contributed by atoms with Gasteiger partial charge < -0.3 is 9.80 Å². The number of likely N-dealkylation sites (N-methyl/N-ethyl adjacent to an activating group) is 1. The van der Waals surface area contributed by atoms with Crippen molar-refractivity contribution < 1.29 is 4.79 Å². The van der Waals surface area contributed by atoms with Crippen LogP contribution in [0.2, 0.25) is 0 Å². The number of hydrogen-bond acceptors (Lipinski definition) is 2. The van der Waals surface area contributed by atoms with Gasteiger partial charge in [-0.2, -0.15) is 0 Å². The number of piperidine rings is 1. The molecule has 0 N–H and O–H groups in total. The average Bonchev–Trinajstić information content (AvgIpc) is 2.87. The van der Waals surface area contributed by atoms with Crippen molar-refractivity contribution >= 4 is 11.6 Å². The Kier molecular flexibility index (Phi) is 2.02. The number of hydrogen-bond donors (Lipinski definition) is 0. The van der Waals surface area contributed by atoms with Gasteiger partial charge in [0, 0.05) is 19.3 Å². The van der Waals surface area contributed by atoms with Crippen LogP contribution >= 0.6 is 0 Å². The Morgan fingerprint density at radius 3 is 2.94 bits per heavy atom. The fraction of sp³-hybridized carbons (Fsp3) is 0.533. The molecule has 0 spiro atoms. The molecule has 3 aliphatic rings. The molecule has 0 aliphatic carbocycles. The molecule has 0 radical (unpaired) electrons. The van der Waals surface area contributed by atoms with E-state index in [9.17, 15) is 4.79 Å². The van der Waals surface area contributed by atoms with E-state index in [-0.39, 0.29) is 5.92 Å². The minimum absolute atomic E-state index is 0.0919. The van der Waals surface area contributed by atoms with Gasteiger partial charge in [0.1, 0.15) is 0 Å². The molecule has 3 heteroatoms. The first-order valence-electron chi connectivity index (χ1n) is 6.91. The van der Waals surface area contributed by atoms with Gasteiger partial charge >= 0.3 is 0 Å². The first kappa shape index (κ1) is 10.4. The molecule has 3 atom stereocenters. The summed E-state index contributed by atoms with van der Waals surface area (Å²) in [4.78, 5) is 17.1. The lowest BCUT2D eigenvalue weighted by molar-refractivity contribution is -0.130. The summed E-state index contributed by atoms with van der Waals surface area (Å²) in [6.07, 6.45) is 3.61. The van der Waals surface area contributed by atoms with Crippen LogP contribution in [-0.4, -0.2) is 36.5 Å². The number of fused-ring (bicyclic) bond motifs is 5. The highest BCUT2D eigenvalue weighted by atomic mass is 16.2. The first-order valence-corrected chi connectivity index (χ1v) is 6.91. The van der Waals surface area contributed by atoms with E-state index in [1.807, 2.05) is 0 Å². The third kappa shape index (κ3) is 1.12. The predicted molar refractivity (Wildman–Crippen MR) is 70.7 cm³/mol. The van der Waals surface area contributed by atoms with Gasteiger partial charge in [-0.15, -0.1) is 0 Å². The van der Waals surface area contributed by atoms with Gasteiger partial charge in [0.05, 0.1) is 18.0 Å². The molecule has 0 unspecified atom stereocenters. The Labute approximate surface area is 107 Å². The van der Waals surface area contributed by atoms with Crippen LogP contribution in [0.3, 0.4) is 0 Å². The molecular weight excluding hydrogens is 224 g/mol. The highest BCUT2D eigenvalue weighted by Crippen LogP contribution is 2.49. The Bertz CT molecular complexity index is 513. The first-order chi connectivity index (χ1) is 8.79. The summed E-state index contributed by atoms with van der Waals surface area (Å²) in [5, 5.41) is 0. The molecule has 3 nitrogen and oxygen atoms in total. The van der Waals surface area contributed by atoms with E-state index in [2.05, 4.69) is 41.1 Å². The minimum Gasteiger partial charge on any atom is -0.368 e. The Morgan fingerprint density at radius 2 is 2.06 bits per heavy atom. The fourth-order valence-corrected chi connectivity index (χ4v) is 4.16. The zero-order chi connectivity index (χ0) is 12.3. The SMILES string of the molecule is CN1c2ccccc2[C@@H]2C(=O)N3CCCC[C@H]3[C@@H]21. The summed E-state index contributed by atoms with van der Waals surface area (Å²) in [6.45, 7) is 0.965. The zero-order valence-corrected chi connectivity index (χ0v) is 10.7. The van der Waals surface area contributed by atoms with Crippen LogP contribution in [-0.2, 0) is 4.79 Å². The van der Waals surface area contributed by atoms with Crippen LogP contribution < -0.4 is 4.90 Å². The van der Waals surface area contributed by atoms with Gasteiger partial charge in [-0.25, -0.2) is 0 Å². The number of carbonyl (C=O) groups excluding carboxylic acids is 1. The second-order valence-corrected chi connectivity index (χ2v) is 5.73. The normalized spacial score (nSPS) is 33.4. The van der Waals surface area contributed by atoms with Gasteiger partial charge in [0.2, 0.25) is 5.91 Å². The largest absolute Gasteiger partial charge is 0.368 e. The van der Waals surface area contributed by atoms with Crippen LogP contribution in [0, 0.1) is 0 Å². The average molecular weight is 242 g/mol. The summed E-state index contributed by atoms with van der Waals surface area (Å²) in [6, 6.07) is 9.21. The molecule has 2 fully saturated rings. The lowest BCUT2D eigenvalue weighted by atomic mass is 9.92. The second-order valence-electron chi connectivity index (χ2n) is 5.73. The van der Waals surface area contributed by atoms with Crippen LogP contribution in [0.1, 0.15) is 30.7 Å². The molecule has 18 heavy (non-hydrogen) atoms. The Balaban J connectivity index is 1.83. The number of rotatable bonds is 0. The van der Waals surface area contributed by atoms with Crippen LogP contribution in [0.25, 0.3) is 0 Å². The number of nitrogens with zero attached hydrogens (tertiary/aromatic N) is 2. The molecule has 1 amide bonds. The third-order valence-corrected chi connectivity index (χ3v) is 4.93. The lowest BCUT2D eigenvalue weighted by Gasteiger charge is -2.35. The van der Waals surface area contributed by atoms with E-state index in [1.165, 1.54) is 30.5 Å². The topological polar surface area (TPSA) is 23.6 Å². The summed E-state index contributed by atoms with van der Waals surface area (Å²) in [5.41, 5.74) is 2.50. The molecule has 0 aromatic heterocycles. The highest BCUT2D eigenvalue weighted by molar-refractivity contribution is 5.93. The molecular formula is C15H18N2O. The number of amides is 1. The molecule has 3 heterocycles. The Morgan fingerprint density at radius 1 is 1.22 bits per heavy atom. The highest BCUT2D eigenvalue weighted by Gasteiger charge is 2.54. The van der Waals surface area contributed by atoms with Gasteiger partial charge in [-0.1, -0.05) is 18.2 Å². The quantitative estimate of drug-likeness (QED) is 0.694. The van der Waals surface area contributed by atoms with Gasteiger partial charge in [0.25, 0.3) is 0 Å². The van der Waals surface area contributed by atoms with Crippen molar-refractivity contribution in [2.75, 3.05) is 18.5 Å². The molecule has 94 valence electrons. The number of carbonyl (C=O) groups is 1. The zero-order valence-electron chi connectivity index (χ0n) is 10.7. The minimum atomic E-state index is 0.0919. The number of para-hydroxylation sites is 1. The summed E-state index contributed by atoms with van der Waals surface area (Å²) < 4.78 is 0. The van der Waals surface area contributed by atoms with Gasteiger partial charge in [-0.3, -0.25) is 4.79 Å². The van der Waals surface area contributed by atoms with Crippen molar-refractivity contribution in [2.45, 2.75) is 37.3 Å². The van der Waals surface area contributed by atoms with E-state index in [0.717, 1.165) is 6.54 Å². The summed E-state index contributed by atoms with van der Waals surface area (Å²) >= 11 is 0. The Hall–Kier alpha value is -1.51. The van der Waals surface area contributed by atoms with Gasteiger partial charge in [-0.05, 0) is 30.9 Å². The van der Waals surface area contributed by atoms with Crippen molar-refractivity contribution in [1.82, 2.24) is 4.90 Å². The lowest BCUT2D eigenvalue weighted by Crippen LogP contribution is -2.45. The number of anilines is 1. The van der Waals surface area contributed by atoms with E-state index < -0.39 is 0 Å². The molecule has 0 saturated carbocycles. The molecule has 1 aromatic carbocycles. The fourth-order valence-electron chi connectivity index (χ4n) is 4.16. The number of benzene rings is 1. The van der Waals surface area contributed by atoms with E-state index >= 15 is 0 Å². The van der Waals surface area contributed by atoms with Crippen LogP contribution in [0.15, 0.2) is 24.3 Å². The smallest absolute Gasteiger partial charge is 0.232 e. The predicted octanol–water partition coefficient (Wildman–Crippen LogP) is 1.98. The van der Waals surface area contributed by atoms with Crippen molar-refractivity contribution in [3.05, 3.63) is 29.8 Å². The monoisotopic (exact) mass is 242 g/mol. The molecule has 0 bridgehead atoms. The van der Waals surface area contributed by atoms with Crippen molar-refractivity contribution in [3.8, 4) is 0 Å². The molecule has 2 saturated heterocycles. The maximum Gasteiger partial charge on any atom is 0.232 e. The van der Waals surface area contributed by atoms with Crippen molar-refractivity contribution in [2.24, 2.45) is 0 Å². The molecule has 1 aromatic rings. The van der Waals surface area contributed by atoms with Crippen molar-refractivity contribution in [3.63, 3.8) is 0 Å².